The fourth-order valence-electron chi connectivity index (χ4n) is 1.85. The van der Waals surface area contributed by atoms with Crippen LogP contribution in [0.5, 0.6) is 0 Å². The molecular formula is C12H8F3N3S. The topological polar surface area (TPSA) is 41.6 Å². The number of fused-ring (bicyclic) bond motifs is 2. The van der Waals surface area contributed by atoms with E-state index in [9.17, 15) is 13.2 Å². The maximum atomic E-state index is 12.6. The highest BCUT2D eigenvalue weighted by Crippen LogP contribution is 2.31. The summed E-state index contributed by atoms with van der Waals surface area (Å²) in [7, 11) is 0. The minimum Gasteiger partial charge on any atom is -0.332 e. The molecular weight excluding hydrogens is 275 g/mol. The molecule has 0 unspecified atom stereocenters. The molecule has 2 heterocycles. The standard InChI is InChI=1S/C12H8F3N3S/c1-19-11-17-9-4-6-2-3-7(12(13,14)15)5-8(6)16-10(9)18-11/h2-5H,1H3,(H,16,17,18). The van der Waals surface area contributed by atoms with E-state index in [1.807, 2.05) is 6.26 Å². The Morgan fingerprint density at radius 1 is 1.16 bits per heavy atom. The van der Waals surface area contributed by atoms with E-state index < -0.39 is 11.7 Å². The highest BCUT2D eigenvalue weighted by Gasteiger charge is 2.30. The van der Waals surface area contributed by atoms with Gasteiger partial charge in [0.15, 0.2) is 10.8 Å². The van der Waals surface area contributed by atoms with Gasteiger partial charge in [0.05, 0.1) is 16.6 Å². The molecule has 98 valence electrons. The summed E-state index contributed by atoms with van der Waals surface area (Å²) in [5.41, 5.74) is 0.738. The van der Waals surface area contributed by atoms with Crippen molar-refractivity contribution in [3.63, 3.8) is 0 Å². The number of hydrogen-bond acceptors (Lipinski definition) is 3. The van der Waals surface area contributed by atoms with Crippen LogP contribution in [0.2, 0.25) is 0 Å². The summed E-state index contributed by atoms with van der Waals surface area (Å²) in [6, 6.07) is 5.28. The first kappa shape index (κ1) is 12.3. The molecule has 1 N–H and O–H groups in total. The van der Waals surface area contributed by atoms with Gasteiger partial charge in [-0.2, -0.15) is 13.2 Å². The van der Waals surface area contributed by atoms with E-state index in [2.05, 4.69) is 15.0 Å². The zero-order valence-corrected chi connectivity index (χ0v) is 10.6. The zero-order valence-electron chi connectivity index (χ0n) is 9.75. The summed E-state index contributed by atoms with van der Waals surface area (Å²) in [5.74, 6) is 0. The second-order valence-electron chi connectivity index (χ2n) is 4.01. The molecule has 0 bridgehead atoms. The third-order valence-corrected chi connectivity index (χ3v) is 3.35. The molecule has 0 saturated heterocycles. The van der Waals surface area contributed by atoms with E-state index in [1.54, 1.807) is 6.07 Å². The molecule has 7 heteroatoms. The van der Waals surface area contributed by atoms with Crippen molar-refractivity contribution in [3.8, 4) is 0 Å². The first-order valence-electron chi connectivity index (χ1n) is 5.39. The van der Waals surface area contributed by atoms with Crippen molar-refractivity contribution in [1.82, 2.24) is 15.0 Å². The monoisotopic (exact) mass is 283 g/mol. The van der Waals surface area contributed by atoms with Crippen molar-refractivity contribution in [3.05, 3.63) is 29.8 Å². The lowest BCUT2D eigenvalue weighted by molar-refractivity contribution is -0.137. The number of benzene rings is 1. The third kappa shape index (κ3) is 2.14. The Hall–Kier alpha value is -1.76. The Kier molecular flexibility index (Phi) is 2.67. The van der Waals surface area contributed by atoms with Crippen LogP contribution < -0.4 is 0 Å². The fourth-order valence-corrected chi connectivity index (χ4v) is 2.24. The van der Waals surface area contributed by atoms with Crippen molar-refractivity contribution in [2.45, 2.75) is 11.3 Å². The van der Waals surface area contributed by atoms with Crippen LogP contribution in [0, 0.1) is 0 Å². The van der Waals surface area contributed by atoms with E-state index in [0.29, 0.717) is 21.7 Å². The van der Waals surface area contributed by atoms with Crippen LogP contribution >= 0.6 is 11.8 Å². The molecule has 3 aromatic rings. The third-order valence-electron chi connectivity index (χ3n) is 2.77. The first-order valence-corrected chi connectivity index (χ1v) is 6.61. The smallest absolute Gasteiger partial charge is 0.332 e. The number of H-pyrrole nitrogens is 1. The van der Waals surface area contributed by atoms with E-state index in [0.717, 1.165) is 17.6 Å². The summed E-state index contributed by atoms with van der Waals surface area (Å²) >= 11 is 1.42. The van der Waals surface area contributed by atoms with Crippen molar-refractivity contribution >= 4 is 33.8 Å². The highest BCUT2D eigenvalue weighted by molar-refractivity contribution is 7.98. The Morgan fingerprint density at radius 2 is 1.95 bits per heavy atom. The first-order chi connectivity index (χ1) is 8.97. The number of nitrogens with zero attached hydrogens (tertiary/aromatic N) is 2. The number of thioether (sulfide) groups is 1. The Bertz CT molecular complexity index is 764. The van der Waals surface area contributed by atoms with E-state index in [1.165, 1.54) is 17.8 Å². The summed E-state index contributed by atoms with van der Waals surface area (Å²) in [5, 5.41) is 1.34. The molecule has 0 spiro atoms. The quantitative estimate of drug-likeness (QED) is 0.690. The van der Waals surface area contributed by atoms with Crippen LogP contribution in [-0.2, 0) is 6.18 Å². The lowest BCUT2D eigenvalue weighted by Gasteiger charge is -2.06. The summed E-state index contributed by atoms with van der Waals surface area (Å²) in [6.07, 6.45) is -2.50. The van der Waals surface area contributed by atoms with Gasteiger partial charge in [0, 0.05) is 5.39 Å². The minimum absolute atomic E-state index is 0.293. The Balaban J connectivity index is 2.25. The number of imidazole rings is 1. The lowest BCUT2D eigenvalue weighted by Crippen LogP contribution is -2.04. The number of nitrogens with one attached hydrogen (secondary N) is 1. The number of rotatable bonds is 1. The van der Waals surface area contributed by atoms with Crippen molar-refractivity contribution in [2.75, 3.05) is 6.26 Å². The maximum Gasteiger partial charge on any atom is 0.416 e. The van der Waals surface area contributed by atoms with Crippen molar-refractivity contribution in [2.24, 2.45) is 0 Å². The Labute approximate surface area is 110 Å². The van der Waals surface area contributed by atoms with Gasteiger partial charge < -0.3 is 4.98 Å². The van der Waals surface area contributed by atoms with Gasteiger partial charge in [0.1, 0.15) is 0 Å². The van der Waals surface area contributed by atoms with E-state index in [4.69, 9.17) is 0 Å². The molecule has 0 aliphatic carbocycles. The maximum absolute atomic E-state index is 12.6. The second kappa shape index (κ2) is 4.12. The van der Waals surface area contributed by atoms with Crippen LogP contribution in [0.3, 0.4) is 0 Å². The molecule has 2 aromatic heterocycles. The molecule has 0 amide bonds. The van der Waals surface area contributed by atoms with Crippen LogP contribution in [0.4, 0.5) is 13.2 Å². The SMILES string of the molecule is CSc1nc2nc3cc(C(F)(F)F)ccc3cc2[nH]1. The van der Waals surface area contributed by atoms with Crippen LogP contribution in [-0.4, -0.2) is 21.2 Å². The van der Waals surface area contributed by atoms with Gasteiger partial charge in [0.2, 0.25) is 0 Å². The Morgan fingerprint density at radius 3 is 2.63 bits per heavy atom. The predicted molar refractivity (Wildman–Crippen MR) is 68.2 cm³/mol. The largest absolute Gasteiger partial charge is 0.416 e. The van der Waals surface area contributed by atoms with Gasteiger partial charge in [0.25, 0.3) is 0 Å². The molecule has 0 aliphatic heterocycles. The molecule has 0 fully saturated rings. The van der Waals surface area contributed by atoms with Gasteiger partial charge >= 0.3 is 6.18 Å². The van der Waals surface area contributed by atoms with Crippen LogP contribution in [0.15, 0.2) is 29.4 Å². The normalized spacial score (nSPS) is 12.4. The number of halogens is 3. The van der Waals surface area contributed by atoms with Gasteiger partial charge in [-0.25, -0.2) is 9.97 Å². The molecule has 0 saturated carbocycles. The predicted octanol–water partition coefficient (Wildman–Crippen LogP) is 3.85. The minimum atomic E-state index is -4.36. The van der Waals surface area contributed by atoms with Gasteiger partial charge in [-0.05, 0) is 24.5 Å². The van der Waals surface area contributed by atoms with E-state index in [-0.39, 0.29) is 0 Å². The number of aromatic nitrogens is 3. The average molecular weight is 283 g/mol. The number of hydrogen-bond donors (Lipinski definition) is 1. The molecule has 0 radical (unpaired) electrons. The fraction of sp³-hybridized carbons (Fsp3) is 0.167. The van der Waals surface area contributed by atoms with Crippen LogP contribution in [0.25, 0.3) is 22.1 Å². The van der Waals surface area contributed by atoms with Gasteiger partial charge in [-0.3, -0.25) is 0 Å². The molecule has 0 atom stereocenters. The van der Waals surface area contributed by atoms with Gasteiger partial charge in [-0.1, -0.05) is 17.8 Å². The lowest BCUT2D eigenvalue weighted by atomic mass is 10.1. The molecule has 3 nitrogen and oxygen atoms in total. The van der Waals surface area contributed by atoms with Crippen LogP contribution in [0.1, 0.15) is 5.56 Å². The summed E-state index contributed by atoms with van der Waals surface area (Å²) in [6.45, 7) is 0. The molecule has 3 rings (SSSR count). The van der Waals surface area contributed by atoms with Crippen molar-refractivity contribution in [1.29, 1.82) is 0 Å². The molecule has 1 aromatic carbocycles. The van der Waals surface area contributed by atoms with E-state index >= 15 is 0 Å². The number of aromatic amines is 1. The molecule has 0 aliphatic rings. The molecule has 19 heavy (non-hydrogen) atoms. The summed E-state index contributed by atoms with van der Waals surface area (Å²) < 4.78 is 37.9. The van der Waals surface area contributed by atoms with Crippen molar-refractivity contribution < 1.29 is 13.2 Å². The number of pyridine rings is 1. The zero-order chi connectivity index (χ0) is 13.6. The summed E-state index contributed by atoms with van der Waals surface area (Å²) in [4.78, 5) is 11.4. The second-order valence-corrected chi connectivity index (χ2v) is 4.81. The number of alkyl halides is 3. The van der Waals surface area contributed by atoms with Gasteiger partial charge in [-0.15, -0.1) is 0 Å². The average Bonchev–Trinajstić information content (AvgIpc) is 2.75. The highest BCUT2D eigenvalue weighted by atomic mass is 32.2.